The molecule has 0 aliphatic heterocycles. The van der Waals surface area contributed by atoms with E-state index in [9.17, 15) is 4.79 Å². The maximum absolute atomic E-state index is 11.0. The molecule has 0 N–H and O–H groups in total. The molecule has 0 amide bonds. The van der Waals surface area contributed by atoms with Crippen LogP contribution < -0.4 is 0 Å². The molecule has 5 heteroatoms. The largest absolute Gasteiger partial charge is 0.466 e. The van der Waals surface area contributed by atoms with Crippen LogP contribution >= 0.6 is 0 Å². The Bertz CT molecular complexity index is 196. The predicted molar refractivity (Wildman–Crippen MR) is 73.2 cm³/mol. The summed E-state index contributed by atoms with van der Waals surface area (Å²) in [5.41, 5.74) is 0. The van der Waals surface area contributed by atoms with Crippen LogP contribution in [0.1, 0.15) is 39.0 Å². The Hall–Kier alpha value is -0.650. The topological polar surface area (TPSA) is 54.0 Å². The summed E-state index contributed by atoms with van der Waals surface area (Å²) in [7, 11) is 1.69. The summed E-state index contributed by atoms with van der Waals surface area (Å²) in [6, 6.07) is 0. The summed E-state index contributed by atoms with van der Waals surface area (Å²) >= 11 is 0. The molecule has 0 aliphatic carbocycles. The van der Waals surface area contributed by atoms with Gasteiger partial charge >= 0.3 is 5.97 Å². The molecule has 0 saturated heterocycles. The summed E-state index contributed by atoms with van der Waals surface area (Å²) in [6.45, 7) is 5.73. The van der Waals surface area contributed by atoms with Crippen molar-refractivity contribution in [3.63, 3.8) is 0 Å². The number of carbonyl (C=O) groups excluding carboxylic acids is 1. The van der Waals surface area contributed by atoms with Crippen molar-refractivity contribution in [2.75, 3.05) is 46.8 Å². The minimum atomic E-state index is -0.104. The van der Waals surface area contributed by atoms with Crippen LogP contribution in [0.25, 0.3) is 0 Å². The van der Waals surface area contributed by atoms with E-state index in [-0.39, 0.29) is 5.97 Å². The molecule has 19 heavy (non-hydrogen) atoms. The van der Waals surface area contributed by atoms with E-state index in [2.05, 4.69) is 0 Å². The van der Waals surface area contributed by atoms with E-state index in [0.29, 0.717) is 26.2 Å². The van der Waals surface area contributed by atoms with E-state index < -0.39 is 0 Å². The highest BCUT2D eigenvalue weighted by atomic mass is 16.5. The highest BCUT2D eigenvalue weighted by Gasteiger charge is 2.00. The first-order chi connectivity index (χ1) is 9.31. The third-order valence-electron chi connectivity index (χ3n) is 2.48. The summed E-state index contributed by atoms with van der Waals surface area (Å²) in [5.74, 6) is -0.104. The Morgan fingerprint density at radius 2 is 1.53 bits per heavy atom. The van der Waals surface area contributed by atoms with E-state index >= 15 is 0 Å². The van der Waals surface area contributed by atoms with Gasteiger partial charge in [-0.1, -0.05) is 6.42 Å². The Kier molecular flexibility index (Phi) is 14.9. The smallest absolute Gasteiger partial charge is 0.305 e. The van der Waals surface area contributed by atoms with Gasteiger partial charge in [0.15, 0.2) is 0 Å². The van der Waals surface area contributed by atoms with Crippen LogP contribution in [0.15, 0.2) is 0 Å². The second kappa shape index (κ2) is 15.4. The second-order valence-corrected chi connectivity index (χ2v) is 4.19. The lowest BCUT2D eigenvalue weighted by Gasteiger charge is -2.05. The fourth-order valence-corrected chi connectivity index (χ4v) is 1.51. The summed E-state index contributed by atoms with van der Waals surface area (Å²) < 4.78 is 20.5. The maximum atomic E-state index is 11.0. The molecule has 0 unspecified atom stereocenters. The van der Waals surface area contributed by atoms with Gasteiger partial charge in [0, 0.05) is 33.4 Å². The Labute approximate surface area is 116 Å². The first-order valence-corrected chi connectivity index (χ1v) is 7.11. The summed E-state index contributed by atoms with van der Waals surface area (Å²) in [4.78, 5) is 11.0. The molecule has 0 radical (unpaired) electrons. The van der Waals surface area contributed by atoms with E-state index in [1.54, 1.807) is 7.11 Å². The average molecular weight is 276 g/mol. The molecule has 0 aromatic rings. The number of methoxy groups -OCH3 is 1. The van der Waals surface area contributed by atoms with E-state index in [0.717, 1.165) is 45.5 Å². The molecule has 114 valence electrons. The number of rotatable bonds is 14. The van der Waals surface area contributed by atoms with Gasteiger partial charge in [0.2, 0.25) is 0 Å². The SMILES string of the molecule is CCOC(=O)CCCCCOCCOCCCOC. The lowest BCUT2D eigenvalue weighted by Crippen LogP contribution is -2.07. The molecule has 0 bridgehead atoms. The zero-order valence-corrected chi connectivity index (χ0v) is 12.3. The fraction of sp³-hybridized carbons (Fsp3) is 0.929. The van der Waals surface area contributed by atoms with Gasteiger partial charge in [-0.05, 0) is 26.2 Å². The van der Waals surface area contributed by atoms with E-state index in [1.165, 1.54) is 0 Å². The molecule has 0 fully saturated rings. The number of ether oxygens (including phenoxy) is 4. The van der Waals surface area contributed by atoms with Crippen LogP contribution in [0, 0.1) is 0 Å². The molecule has 0 aromatic carbocycles. The van der Waals surface area contributed by atoms with Gasteiger partial charge in [0.1, 0.15) is 0 Å². The van der Waals surface area contributed by atoms with Crippen molar-refractivity contribution >= 4 is 5.97 Å². The number of carbonyl (C=O) groups is 1. The van der Waals surface area contributed by atoms with Crippen molar-refractivity contribution in [1.82, 2.24) is 0 Å². The normalized spacial score (nSPS) is 10.6. The quantitative estimate of drug-likeness (QED) is 0.359. The molecule has 0 aliphatic rings. The average Bonchev–Trinajstić information content (AvgIpc) is 2.40. The summed E-state index contributed by atoms with van der Waals surface area (Å²) in [5, 5.41) is 0. The zero-order chi connectivity index (χ0) is 14.2. The van der Waals surface area contributed by atoms with Gasteiger partial charge in [-0.2, -0.15) is 0 Å². The van der Waals surface area contributed by atoms with Crippen LogP contribution in [0.2, 0.25) is 0 Å². The Morgan fingerprint density at radius 3 is 2.16 bits per heavy atom. The van der Waals surface area contributed by atoms with E-state index in [1.807, 2.05) is 6.92 Å². The molecular weight excluding hydrogens is 248 g/mol. The van der Waals surface area contributed by atoms with Crippen molar-refractivity contribution in [2.45, 2.75) is 39.0 Å². The molecule has 5 nitrogen and oxygen atoms in total. The first kappa shape index (κ1) is 18.4. The summed E-state index contributed by atoms with van der Waals surface area (Å²) in [6.07, 6.45) is 4.27. The third kappa shape index (κ3) is 15.3. The van der Waals surface area contributed by atoms with Crippen LogP contribution in [0.3, 0.4) is 0 Å². The van der Waals surface area contributed by atoms with Crippen molar-refractivity contribution < 1.29 is 23.7 Å². The van der Waals surface area contributed by atoms with Gasteiger partial charge in [-0.3, -0.25) is 4.79 Å². The lowest BCUT2D eigenvalue weighted by molar-refractivity contribution is -0.143. The monoisotopic (exact) mass is 276 g/mol. The zero-order valence-electron chi connectivity index (χ0n) is 12.3. The minimum absolute atomic E-state index is 0.104. The van der Waals surface area contributed by atoms with Crippen LogP contribution in [-0.2, 0) is 23.7 Å². The van der Waals surface area contributed by atoms with Crippen molar-refractivity contribution in [3.8, 4) is 0 Å². The Balaban J connectivity index is 3.01. The number of hydrogen-bond acceptors (Lipinski definition) is 5. The Morgan fingerprint density at radius 1 is 0.842 bits per heavy atom. The lowest BCUT2D eigenvalue weighted by atomic mass is 10.2. The first-order valence-electron chi connectivity index (χ1n) is 7.11. The molecule has 0 saturated carbocycles. The van der Waals surface area contributed by atoms with Crippen molar-refractivity contribution in [1.29, 1.82) is 0 Å². The van der Waals surface area contributed by atoms with Gasteiger partial charge in [0.05, 0.1) is 19.8 Å². The van der Waals surface area contributed by atoms with Gasteiger partial charge < -0.3 is 18.9 Å². The minimum Gasteiger partial charge on any atom is -0.466 e. The number of esters is 1. The highest BCUT2D eigenvalue weighted by Crippen LogP contribution is 2.01. The third-order valence-corrected chi connectivity index (χ3v) is 2.48. The standard InChI is InChI=1S/C14H28O5/c1-3-19-14(15)8-5-4-6-10-17-12-13-18-11-7-9-16-2/h3-13H2,1-2H3. The molecule has 0 spiro atoms. The van der Waals surface area contributed by atoms with Crippen LogP contribution in [-0.4, -0.2) is 52.7 Å². The molecule has 0 aromatic heterocycles. The van der Waals surface area contributed by atoms with Crippen molar-refractivity contribution in [2.24, 2.45) is 0 Å². The van der Waals surface area contributed by atoms with Crippen LogP contribution in [0.4, 0.5) is 0 Å². The fourth-order valence-electron chi connectivity index (χ4n) is 1.51. The van der Waals surface area contributed by atoms with E-state index in [4.69, 9.17) is 18.9 Å². The predicted octanol–water partition coefficient (Wildman–Crippen LogP) is 2.18. The highest BCUT2D eigenvalue weighted by molar-refractivity contribution is 5.69. The molecule has 0 rings (SSSR count). The van der Waals surface area contributed by atoms with Gasteiger partial charge in [-0.15, -0.1) is 0 Å². The van der Waals surface area contributed by atoms with Crippen molar-refractivity contribution in [3.05, 3.63) is 0 Å². The number of unbranched alkanes of at least 4 members (excludes halogenated alkanes) is 2. The maximum Gasteiger partial charge on any atom is 0.305 e. The molecule has 0 atom stereocenters. The molecule has 0 heterocycles. The molecular formula is C14H28O5. The van der Waals surface area contributed by atoms with Gasteiger partial charge in [-0.25, -0.2) is 0 Å². The van der Waals surface area contributed by atoms with Crippen LogP contribution in [0.5, 0.6) is 0 Å². The van der Waals surface area contributed by atoms with Gasteiger partial charge in [0.25, 0.3) is 0 Å². The number of hydrogen-bond donors (Lipinski definition) is 0. The second-order valence-electron chi connectivity index (χ2n) is 4.19.